The van der Waals surface area contributed by atoms with Crippen LogP contribution in [0.5, 0.6) is 0 Å². The molecule has 1 rings (SSSR count). The topological polar surface area (TPSA) is 124 Å². The van der Waals surface area contributed by atoms with Crippen molar-refractivity contribution in [3.05, 3.63) is 16.3 Å². The van der Waals surface area contributed by atoms with Crippen LogP contribution in [0.25, 0.3) is 0 Å². The van der Waals surface area contributed by atoms with Crippen LogP contribution in [-0.2, 0) is 10.0 Å². The number of aromatic carboxylic acids is 1. The molecule has 4 N–H and O–H groups in total. The number of hydrogen-bond acceptors (Lipinski definition) is 6. The van der Waals surface area contributed by atoms with Crippen LogP contribution in [0.2, 0.25) is 0 Å². The Kier molecular flexibility index (Phi) is 4.60. The quantitative estimate of drug-likeness (QED) is 0.534. The van der Waals surface area contributed by atoms with Crippen molar-refractivity contribution in [1.29, 1.82) is 0 Å². The number of carbonyl (C=O) groups is 1. The Hall–Kier alpha value is -1.00. The van der Waals surface area contributed by atoms with E-state index in [1.165, 1.54) is 5.38 Å². The summed E-state index contributed by atoms with van der Waals surface area (Å²) in [5, 5.41) is 27.7. The molecule has 0 amide bonds. The van der Waals surface area contributed by atoms with Crippen LogP contribution in [0.15, 0.2) is 16.3 Å². The minimum absolute atomic E-state index is 0.313. The molecule has 0 bridgehead atoms. The van der Waals surface area contributed by atoms with Crippen molar-refractivity contribution >= 4 is 27.3 Å². The van der Waals surface area contributed by atoms with E-state index in [1.54, 1.807) is 0 Å². The van der Waals surface area contributed by atoms with Gasteiger partial charge in [-0.25, -0.2) is 17.9 Å². The molecule has 1 heterocycles. The zero-order valence-corrected chi connectivity index (χ0v) is 10.2. The molecule has 0 aromatic carbocycles. The van der Waals surface area contributed by atoms with E-state index in [9.17, 15) is 13.2 Å². The molecule has 1 aromatic heterocycles. The second-order valence-electron chi connectivity index (χ2n) is 3.10. The molecule has 0 spiro atoms. The standard InChI is InChI=1S/C8H11NO6S2/c10-3-5(4-11)9-17(14,15)6-1-2-16-7(6)8(12)13/h1-2,5,9-11H,3-4H2,(H,12,13). The summed E-state index contributed by atoms with van der Waals surface area (Å²) in [6.07, 6.45) is 0. The molecule has 17 heavy (non-hydrogen) atoms. The second-order valence-corrected chi connectivity index (χ2v) is 5.70. The molecule has 0 aliphatic carbocycles. The van der Waals surface area contributed by atoms with Gasteiger partial charge in [-0.3, -0.25) is 0 Å². The summed E-state index contributed by atoms with van der Waals surface area (Å²) >= 11 is 0.783. The summed E-state index contributed by atoms with van der Waals surface area (Å²) < 4.78 is 25.5. The fourth-order valence-electron chi connectivity index (χ4n) is 1.08. The molecule has 0 saturated carbocycles. The van der Waals surface area contributed by atoms with Gasteiger partial charge in [0.1, 0.15) is 9.77 Å². The lowest BCUT2D eigenvalue weighted by molar-refractivity contribution is 0.0698. The van der Waals surface area contributed by atoms with E-state index in [0.717, 1.165) is 17.4 Å². The van der Waals surface area contributed by atoms with Gasteiger partial charge in [0.15, 0.2) is 0 Å². The molecule has 1 aromatic rings. The third-order valence-electron chi connectivity index (χ3n) is 1.88. The van der Waals surface area contributed by atoms with E-state index in [4.69, 9.17) is 15.3 Å². The number of carboxylic acids is 1. The first kappa shape index (κ1) is 14.1. The molecule has 9 heteroatoms. The average Bonchev–Trinajstić information content (AvgIpc) is 2.75. The van der Waals surface area contributed by atoms with Crippen molar-refractivity contribution in [3.63, 3.8) is 0 Å². The molecule has 96 valence electrons. The first-order chi connectivity index (χ1) is 7.92. The fourth-order valence-corrected chi connectivity index (χ4v) is 3.56. The van der Waals surface area contributed by atoms with Gasteiger partial charge in [0.25, 0.3) is 0 Å². The Morgan fingerprint density at radius 3 is 2.47 bits per heavy atom. The molecule has 0 fully saturated rings. The number of hydrogen-bond donors (Lipinski definition) is 4. The van der Waals surface area contributed by atoms with Gasteiger partial charge in [-0.2, -0.15) is 0 Å². The maximum absolute atomic E-state index is 11.8. The molecular formula is C8H11NO6S2. The van der Waals surface area contributed by atoms with Crippen molar-refractivity contribution in [1.82, 2.24) is 4.72 Å². The summed E-state index contributed by atoms with van der Waals surface area (Å²) in [6, 6.07) is 0.101. The molecule has 7 nitrogen and oxygen atoms in total. The number of carboxylic acid groups (broad SMARTS) is 1. The van der Waals surface area contributed by atoms with E-state index in [2.05, 4.69) is 0 Å². The van der Waals surface area contributed by atoms with Gasteiger partial charge in [-0.15, -0.1) is 11.3 Å². The molecular weight excluding hydrogens is 270 g/mol. The summed E-state index contributed by atoms with van der Waals surface area (Å²) in [6.45, 7) is -1.16. The van der Waals surface area contributed by atoms with Crippen molar-refractivity contribution in [2.75, 3.05) is 13.2 Å². The van der Waals surface area contributed by atoms with Crippen LogP contribution >= 0.6 is 11.3 Å². The molecule has 0 unspecified atom stereocenters. The predicted octanol–water partition coefficient (Wildman–Crippen LogP) is -0.922. The van der Waals surface area contributed by atoms with Crippen LogP contribution < -0.4 is 4.72 Å². The highest BCUT2D eigenvalue weighted by molar-refractivity contribution is 7.89. The van der Waals surface area contributed by atoms with E-state index in [1.807, 2.05) is 4.72 Å². The van der Waals surface area contributed by atoms with Gasteiger partial charge < -0.3 is 15.3 Å². The largest absolute Gasteiger partial charge is 0.477 e. The summed E-state index contributed by atoms with van der Waals surface area (Å²) in [7, 11) is -4.06. The third-order valence-corrected chi connectivity index (χ3v) is 4.47. The number of nitrogens with one attached hydrogen (secondary N) is 1. The van der Waals surface area contributed by atoms with Crippen LogP contribution in [0.1, 0.15) is 9.67 Å². The van der Waals surface area contributed by atoms with Crippen LogP contribution in [0.4, 0.5) is 0 Å². The number of thiophene rings is 1. The summed E-state index contributed by atoms with van der Waals surface area (Å²) in [5.74, 6) is -1.34. The highest BCUT2D eigenvalue weighted by atomic mass is 32.2. The maximum Gasteiger partial charge on any atom is 0.347 e. The minimum atomic E-state index is -4.06. The van der Waals surface area contributed by atoms with Crippen molar-refractivity contribution in [2.24, 2.45) is 0 Å². The van der Waals surface area contributed by atoms with Gasteiger partial charge in [0.05, 0.1) is 19.3 Å². The fraction of sp³-hybridized carbons (Fsp3) is 0.375. The molecule has 0 atom stereocenters. The molecule has 0 radical (unpaired) electrons. The third kappa shape index (κ3) is 3.23. The van der Waals surface area contributed by atoms with E-state index in [0.29, 0.717) is 0 Å². The van der Waals surface area contributed by atoms with Gasteiger partial charge in [0, 0.05) is 0 Å². The second kappa shape index (κ2) is 5.56. The van der Waals surface area contributed by atoms with Crippen LogP contribution in [0.3, 0.4) is 0 Å². The highest BCUT2D eigenvalue weighted by Crippen LogP contribution is 2.21. The van der Waals surface area contributed by atoms with E-state index < -0.39 is 35.2 Å². The van der Waals surface area contributed by atoms with E-state index in [-0.39, 0.29) is 9.77 Å². The highest BCUT2D eigenvalue weighted by Gasteiger charge is 2.25. The van der Waals surface area contributed by atoms with Crippen LogP contribution in [0, 0.1) is 0 Å². The zero-order chi connectivity index (χ0) is 13.1. The lowest BCUT2D eigenvalue weighted by Crippen LogP contribution is -2.40. The number of aliphatic hydroxyl groups is 2. The van der Waals surface area contributed by atoms with Crippen molar-refractivity contribution < 1.29 is 28.5 Å². The SMILES string of the molecule is O=C(O)c1sccc1S(=O)(=O)NC(CO)CO. The first-order valence-corrected chi connectivity index (χ1v) is 6.83. The van der Waals surface area contributed by atoms with Crippen molar-refractivity contribution in [3.8, 4) is 0 Å². The smallest absolute Gasteiger partial charge is 0.347 e. The summed E-state index contributed by atoms with van der Waals surface area (Å²) in [4.78, 5) is 10.1. The Labute approximate surface area is 101 Å². The normalized spacial score (nSPS) is 11.9. The van der Waals surface area contributed by atoms with E-state index >= 15 is 0 Å². The number of sulfonamides is 1. The maximum atomic E-state index is 11.8. The van der Waals surface area contributed by atoms with Gasteiger partial charge in [-0.05, 0) is 11.4 Å². The molecule has 0 aliphatic heterocycles. The van der Waals surface area contributed by atoms with Gasteiger partial charge >= 0.3 is 5.97 Å². The van der Waals surface area contributed by atoms with Crippen molar-refractivity contribution in [2.45, 2.75) is 10.9 Å². The predicted molar refractivity (Wildman–Crippen MR) is 59.6 cm³/mol. The van der Waals surface area contributed by atoms with Crippen LogP contribution in [-0.4, -0.2) is 49.0 Å². The Morgan fingerprint density at radius 2 is 2.00 bits per heavy atom. The molecule has 0 saturated heterocycles. The van der Waals surface area contributed by atoms with Gasteiger partial charge in [-0.1, -0.05) is 0 Å². The minimum Gasteiger partial charge on any atom is -0.477 e. The average molecular weight is 281 g/mol. The first-order valence-electron chi connectivity index (χ1n) is 4.47. The lowest BCUT2D eigenvalue weighted by Gasteiger charge is -2.13. The Bertz CT molecular complexity index is 490. The molecule has 0 aliphatic rings. The Morgan fingerprint density at radius 1 is 1.41 bits per heavy atom. The summed E-state index contributed by atoms with van der Waals surface area (Å²) in [5.41, 5.74) is 0. The number of rotatable bonds is 6. The lowest BCUT2D eigenvalue weighted by atomic mass is 10.4. The monoisotopic (exact) mass is 281 g/mol. The zero-order valence-electron chi connectivity index (χ0n) is 8.53. The Balaban J connectivity index is 3.05. The van der Waals surface area contributed by atoms with Gasteiger partial charge in [0.2, 0.25) is 10.0 Å². The number of aliphatic hydroxyl groups excluding tert-OH is 2.